The highest BCUT2D eigenvalue weighted by Crippen LogP contribution is 2.15. The zero-order valence-electron chi connectivity index (χ0n) is 12.8. The highest BCUT2D eigenvalue weighted by molar-refractivity contribution is 5.93. The van der Waals surface area contributed by atoms with E-state index in [1.807, 2.05) is 25.1 Å². The molecule has 0 saturated carbocycles. The fraction of sp³-hybridized carbons (Fsp3) is 0.222. The number of para-hydroxylation sites is 1. The van der Waals surface area contributed by atoms with Gasteiger partial charge in [-0.25, -0.2) is 4.39 Å². The summed E-state index contributed by atoms with van der Waals surface area (Å²) in [4.78, 5) is 23.5. The van der Waals surface area contributed by atoms with Crippen molar-refractivity contribution in [2.75, 3.05) is 11.9 Å². The van der Waals surface area contributed by atoms with Gasteiger partial charge in [0.2, 0.25) is 0 Å². The summed E-state index contributed by atoms with van der Waals surface area (Å²) in [5.41, 5.74) is 2.22. The van der Waals surface area contributed by atoms with Gasteiger partial charge in [0, 0.05) is 5.69 Å². The minimum atomic E-state index is -0.575. The standard InChI is InChI=1S/C18H18FNO3/c1-2-14-7-3-4-9-16(14)20-17(21)12-23-18(22)11-13-6-5-8-15(19)10-13/h3-10H,2,11-12H2,1H3,(H,20,21). The van der Waals surface area contributed by atoms with Crippen LogP contribution >= 0.6 is 0 Å². The number of carbonyl (C=O) groups is 2. The van der Waals surface area contributed by atoms with E-state index in [0.29, 0.717) is 11.3 Å². The summed E-state index contributed by atoms with van der Waals surface area (Å²) in [6.07, 6.45) is 0.715. The summed E-state index contributed by atoms with van der Waals surface area (Å²) in [7, 11) is 0. The van der Waals surface area contributed by atoms with Gasteiger partial charge in [-0.05, 0) is 35.7 Å². The van der Waals surface area contributed by atoms with Crippen molar-refractivity contribution in [3.8, 4) is 0 Å². The molecule has 0 aromatic heterocycles. The van der Waals surface area contributed by atoms with E-state index in [0.717, 1.165) is 12.0 Å². The van der Waals surface area contributed by atoms with Crippen molar-refractivity contribution in [2.45, 2.75) is 19.8 Å². The molecule has 5 heteroatoms. The van der Waals surface area contributed by atoms with E-state index in [1.165, 1.54) is 18.2 Å². The van der Waals surface area contributed by atoms with Crippen molar-refractivity contribution in [3.63, 3.8) is 0 Å². The van der Waals surface area contributed by atoms with Crippen LogP contribution in [0.4, 0.5) is 10.1 Å². The molecule has 0 aliphatic rings. The summed E-state index contributed by atoms with van der Waals surface area (Å²) in [5, 5.41) is 2.71. The van der Waals surface area contributed by atoms with E-state index < -0.39 is 17.7 Å². The number of rotatable bonds is 6. The molecule has 0 spiro atoms. The molecule has 2 aromatic rings. The maximum atomic E-state index is 13.0. The zero-order valence-corrected chi connectivity index (χ0v) is 12.8. The first-order valence-electron chi connectivity index (χ1n) is 7.36. The summed E-state index contributed by atoms with van der Waals surface area (Å²) in [6, 6.07) is 13.1. The van der Waals surface area contributed by atoms with E-state index in [-0.39, 0.29) is 13.0 Å². The quantitative estimate of drug-likeness (QED) is 0.833. The average Bonchev–Trinajstić information content (AvgIpc) is 2.53. The van der Waals surface area contributed by atoms with Crippen molar-refractivity contribution in [1.29, 1.82) is 0 Å². The third-order valence-electron chi connectivity index (χ3n) is 3.27. The number of nitrogens with one attached hydrogen (secondary N) is 1. The molecule has 0 aliphatic heterocycles. The van der Waals surface area contributed by atoms with E-state index in [2.05, 4.69) is 5.32 Å². The Morgan fingerprint density at radius 3 is 2.65 bits per heavy atom. The first-order valence-corrected chi connectivity index (χ1v) is 7.36. The van der Waals surface area contributed by atoms with Gasteiger partial charge in [-0.2, -0.15) is 0 Å². The number of amides is 1. The smallest absolute Gasteiger partial charge is 0.310 e. The molecule has 2 rings (SSSR count). The number of benzene rings is 2. The van der Waals surface area contributed by atoms with E-state index in [9.17, 15) is 14.0 Å². The van der Waals surface area contributed by atoms with E-state index in [4.69, 9.17) is 4.74 Å². The lowest BCUT2D eigenvalue weighted by Gasteiger charge is -2.10. The first kappa shape index (κ1) is 16.7. The summed E-state index contributed by atoms with van der Waals surface area (Å²) >= 11 is 0. The molecule has 0 bridgehead atoms. The molecule has 0 fully saturated rings. The van der Waals surface area contributed by atoms with Crippen LogP contribution in [0.5, 0.6) is 0 Å². The van der Waals surface area contributed by atoms with Gasteiger partial charge in [0.1, 0.15) is 5.82 Å². The van der Waals surface area contributed by atoms with Gasteiger partial charge >= 0.3 is 5.97 Å². The summed E-state index contributed by atoms with van der Waals surface area (Å²) in [5.74, 6) is -1.39. The molecule has 4 nitrogen and oxygen atoms in total. The Labute approximate surface area is 134 Å². The largest absolute Gasteiger partial charge is 0.455 e. The molecule has 0 saturated heterocycles. The Balaban J connectivity index is 1.83. The number of hydrogen-bond donors (Lipinski definition) is 1. The highest BCUT2D eigenvalue weighted by Gasteiger charge is 2.10. The van der Waals surface area contributed by atoms with Crippen LogP contribution in [0.15, 0.2) is 48.5 Å². The molecular weight excluding hydrogens is 297 g/mol. The Hall–Kier alpha value is -2.69. The molecule has 0 heterocycles. The SMILES string of the molecule is CCc1ccccc1NC(=O)COC(=O)Cc1cccc(F)c1. The van der Waals surface area contributed by atoms with Crippen LogP contribution in [0, 0.1) is 5.82 Å². The number of esters is 1. The number of hydrogen-bond acceptors (Lipinski definition) is 3. The molecular formula is C18H18FNO3. The van der Waals surface area contributed by atoms with Gasteiger partial charge in [0.25, 0.3) is 5.91 Å². The third-order valence-corrected chi connectivity index (χ3v) is 3.27. The summed E-state index contributed by atoms with van der Waals surface area (Å²) in [6.45, 7) is 1.62. The predicted octanol–water partition coefficient (Wildman–Crippen LogP) is 3.11. The van der Waals surface area contributed by atoms with E-state index in [1.54, 1.807) is 12.1 Å². The molecule has 2 aromatic carbocycles. The second-order valence-electron chi connectivity index (χ2n) is 5.03. The Morgan fingerprint density at radius 1 is 1.13 bits per heavy atom. The Kier molecular flexibility index (Phi) is 5.86. The second-order valence-corrected chi connectivity index (χ2v) is 5.03. The van der Waals surface area contributed by atoms with Crippen molar-refractivity contribution in [1.82, 2.24) is 0 Å². The van der Waals surface area contributed by atoms with Gasteiger partial charge in [-0.15, -0.1) is 0 Å². The van der Waals surface area contributed by atoms with Gasteiger partial charge < -0.3 is 10.1 Å². The van der Waals surface area contributed by atoms with Crippen molar-refractivity contribution >= 4 is 17.6 Å². The van der Waals surface area contributed by atoms with Crippen LogP contribution in [-0.2, 0) is 27.2 Å². The molecule has 1 N–H and O–H groups in total. The number of aryl methyl sites for hydroxylation is 1. The topological polar surface area (TPSA) is 55.4 Å². The fourth-order valence-electron chi connectivity index (χ4n) is 2.15. The molecule has 23 heavy (non-hydrogen) atoms. The highest BCUT2D eigenvalue weighted by atomic mass is 19.1. The molecule has 0 radical (unpaired) electrons. The summed E-state index contributed by atoms with van der Waals surface area (Å²) < 4.78 is 17.9. The monoisotopic (exact) mass is 315 g/mol. The minimum Gasteiger partial charge on any atom is -0.455 e. The normalized spacial score (nSPS) is 10.2. The van der Waals surface area contributed by atoms with Gasteiger partial charge in [-0.1, -0.05) is 37.3 Å². The van der Waals surface area contributed by atoms with Crippen LogP contribution in [0.25, 0.3) is 0 Å². The van der Waals surface area contributed by atoms with Crippen LogP contribution in [0.2, 0.25) is 0 Å². The predicted molar refractivity (Wildman–Crippen MR) is 85.5 cm³/mol. The zero-order chi connectivity index (χ0) is 16.7. The second kappa shape index (κ2) is 8.08. The Bertz CT molecular complexity index is 700. The first-order chi connectivity index (χ1) is 11.1. The lowest BCUT2D eigenvalue weighted by Crippen LogP contribution is -2.22. The van der Waals surface area contributed by atoms with Crippen molar-refractivity contribution in [3.05, 3.63) is 65.5 Å². The molecule has 0 unspecified atom stereocenters. The molecule has 120 valence electrons. The maximum absolute atomic E-state index is 13.0. The van der Waals surface area contributed by atoms with Crippen LogP contribution < -0.4 is 5.32 Å². The number of halogens is 1. The lowest BCUT2D eigenvalue weighted by atomic mass is 10.1. The van der Waals surface area contributed by atoms with Crippen molar-refractivity contribution in [2.24, 2.45) is 0 Å². The molecule has 0 aliphatic carbocycles. The van der Waals surface area contributed by atoms with Crippen LogP contribution in [0.1, 0.15) is 18.1 Å². The number of ether oxygens (including phenoxy) is 1. The van der Waals surface area contributed by atoms with Crippen LogP contribution in [0.3, 0.4) is 0 Å². The average molecular weight is 315 g/mol. The third kappa shape index (κ3) is 5.21. The Morgan fingerprint density at radius 2 is 1.91 bits per heavy atom. The number of anilines is 1. The van der Waals surface area contributed by atoms with E-state index >= 15 is 0 Å². The molecule has 1 amide bonds. The molecule has 0 atom stereocenters. The van der Waals surface area contributed by atoms with Gasteiger partial charge in [0.15, 0.2) is 6.61 Å². The van der Waals surface area contributed by atoms with Crippen LogP contribution in [-0.4, -0.2) is 18.5 Å². The maximum Gasteiger partial charge on any atom is 0.310 e. The lowest BCUT2D eigenvalue weighted by molar-refractivity contribution is -0.146. The number of carbonyl (C=O) groups excluding carboxylic acids is 2. The van der Waals surface area contributed by atoms with Gasteiger partial charge in [-0.3, -0.25) is 9.59 Å². The van der Waals surface area contributed by atoms with Gasteiger partial charge in [0.05, 0.1) is 6.42 Å². The minimum absolute atomic E-state index is 0.0728. The van der Waals surface area contributed by atoms with Crippen molar-refractivity contribution < 1.29 is 18.7 Å². The fourth-order valence-corrected chi connectivity index (χ4v) is 2.15.